The lowest BCUT2D eigenvalue weighted by atomic mass is 9.73. The molecule has 2 rings (SSSR count). The number of ether oxygens (including phenoxy) is 1. The van der Waals surface area contributed by atoms with Crippen LogP contribution < -0.4 is 10.1 Å². The van der Waals surface area contributed by atoms with Crippen LogP contribution in [0.4, 0.5) is 4.39 Å². The second-order valence-electron chi connectivity index (χ2n) is 5.99. The fraction of sp³-hybridized carbons (Fsp3) is 0.625. The topological polar surface area (TPSA) is 41.5 Å². The number of halogens is 1. The maximum absolute atomic E-state index is 13.6. The zero-order valence-corrected chi connectivity index (χ0v) is 12.3. The first-order valence-electron chi connectivity index (χ1n) is 7.26. The van der Waals surface area contributed by atoms with E-state index in [1.807, 2.05) is 6.07 Å². The molecule has 2 unspecified atom stereocenters. The summed E-state index contributed by atoms with van der Waals surface area (Å²) in [6, 6.07) is 4.99. The highest BCUT2D eigenvalue weighted by Crippen LogP contribution is 2.35. The summed E-state index contributed by atoms with van der Waals surface area (Å²) in [5, 5.41) is 13.5. The van der Waals surface area contributed by atoms with Crippen molar-refractivity contribution in [1.82, 2.24) is 5.32 Å². The predicted molar refractivity (Wildman–Crippen MR) is 77.2 cm³/mol. The van der Waals surface area contributed by atoms with Crippen molar-refractivity contribution in [3.63, 3.8) is 0 Å². The molecule has 0 aromatic heterocycles. The SMILES string of the molecule is COc1ccc(CNCC2(C)CCCCC2O)cc1F. The summed E-state index contributed by atoms with van der Waals surface area (Å²) in [4.78, 5) is 0. The summed E-state index contributed by atoms with van der Waals surface area (Å²) in [6.45, 7) is 3.48. The Bertz CT molecular complexity index is 452. The van der Waals surface area contributed by atoms with Gasteiger partial charge in [0, 0.05) is 18.5 Å². The Labute approximate surface area is 120 Å². The van der Waals surface area contributed by atoms with Crippen molar-refractivity contribution in [2.24, 2.45) is 5.41 Å². The standard InChI is InChI=1S/C16H24FNO2/c1-16(8-4-3-5-15(16)19)11-18-10-12-6-7-14(20-2)13(17)9-12/h6-7,9,15,18-19H,3-5,8,10-11H2,1-2H3. The van der Waals surface area contributed by atoms with Crippen LogP contribution in [0.15, 0.2) is 18.2 Å². The van der Waals surface area contributed by atoms with Gasteiger partial charge in [0.15, 0.2) is 11.6 Å². The second kappa shape index (κ2) is 6.55. The molecule has 0 heterocycles. The van der Waals surface area contributed by atoms with Gasteiger partial charge in [-0.15, -0.1) is 0 Å². The lowest BCUT2D eigenvalue weighted by molar-refractivity contribution is 0.00115. The molecule has 0 aliphatic heterocycles. The molecule has 112 valence electrons. The van der Waals surface area contributed by atoms with Crippen LogP contribution in [0.3, 0.4) is 0 Å². The van der Waals surface area contributed by atoms with E-state index in [1.54, 1.807) is 6.07 Å². The predicted octanol–water partition coefficient (Wildman–Crippen LogP) is 2.87. The van der Waals surface area contributed by atoms with Crippen molar-refractivity contribution in [2.45, 2.75) is 45.3 Å². The number of aliphatic hydroxyl groups is 1. The van der Waals surface area contributed by atoms with Crippen molar-refractivity contribution in [3.05, 3.63) is 29.6 Å². The Morgan fingerprint density at radius 3 is 2.90 bits per heavy atom. The molecule has 0 saturated heterocycles. The minimum Gasteiger partial charge on any atom is -0.494 e. The van der Waals surface area contributed by atoms with E-state index >= 15 is 0 Å². The smallest absolute Gasteiger partial charge is 0.165 e. The molecule has 1 aromatic carbocycles. The molecule has 2 N–H and O–H groups in total. The number of hydrogen-bond acceptors (Lipinski definition) is 3. The third-order valence-electron chi connectivity index (χ3n) is 4.35. The molecule has 2 atom stereocenters. The zero-order chi connectivity index (χ0) is 14.6. The van der Waals surface area contributed by atoms with E-state index in [0.29, 0.717) is 6.54 Å². The second-order valence-corrected chi connectivity index (χ2v) is 5.99. The highest BCUT2D eigenvalue weighted by Gasteiger charge is 2.34. The number of methoxy groups -OCH3 is 1. The monoisotopic (exact) mass is 281 g/mol. The molecule has 20 heavy (non-hydrogen) atoms. The molecule has 1 aromatic rings. The molecule has 0 radical (unpaired) electrons. The van der Waals surface area contributed by atoms with E-state index in [9.17, 15) is 9.50 Å². The maximum atomic E-state index is 13.6. The van der Waals surface area contributed by atoms with Crippen LogP contribution in [0.5, 0.6) is 5.75 Å². The third kappa shape index (κ3) is 3.49. The summed E-state index contributed by atoms with van der Waals surface area (Å²) < 4.78 is 18.5. The average Bonchev–Trinajstić information content (AvgIpc) is 2.43. The van der Waals surface area contributed by atoms with Crippen molar-refractivity contribution in [1.29, 1.82) is 0 Å². The molecule has 1 saturated carbocycles. The van der Waals surface area contributed by atoms with E-state index in [4.69, 9.17) is 4.74 Å². The summed E-state index contributed by atoms with van der Waals surface area (Å²) >= 11 is 0. The molecule has 4 heteroatoms. The lowest BCUT2D eigenvalue weighted by Gasteiger charge is -2.38. The van der Waals surface area contributed by atoms with Gasteiger partial charge in [-0.1, -0.05) is 25.8 Å². The van der Waals surface area contributed by atoms with E-state index < -0.39 is 0 Å². The van der Waals surface area contributed by atoms with Gasteiger partial charge in [-0.05, 0) is 30.5 Å². The molecule has 0 spiro atoms. The molecule has 0 amide bonds. The Morgan fingerprint density at radius 1 is 1.45 bits per heavy atom. The Hall–Kier alpha value is -1.13. The van der Waals surface area contributed by atoms with E-state index in [0.717, 1.165) is 31.4 Å². The summed E-state index contributed by atoms with van der Waals surface area (Å²) in [5.74, 6) is -0.0703. The van der Waals surface area contributed by atoms with Gasteiger partial charge < -0.3 is 15.2 Å². The first-order valence-corrected chi connectivity index (χ1v) is 7.26. The van der Waals surface area contributed by atoms with Gasteiger partial charge in [-0.2, -0.15) is 0 Å². The Balaban J connectivity index is 1.87. The van der Waals surface area contributed by atoms with Gasteiger partial charge in [0.25, 0.3) is 0 Å². The minimum atomic E-state index is -0.337. The molecule has 0 bridgehead atoms. The average molecular weight is 281 g/mol. The molecular formula is C16H24FNO2. The number of benzene rings is 1. The van der Waals surface area contributed by atoms with Gasteiger partial charge in [0.1, 0.15) is 0 Å². The molecule has 1 aliphatic carbocycles. The summed E-state index contributed by atoms with van der Waals surface area (Å²) in [6.07, 6.45) is 3.97. The molecule has 1 aliphatic rings. The minimum absolute atomic E-state index is 0.0662. The summed E-state index contributed by atoms with van der Waals surface area (Å²) in [7, 11) is 1.46. The van der Waals surface area contributed by atoms with Crippen LogP contribution in [0.25, 0.3) is 0 Å². The third-order valence-corrected chi connectivity index (χ3v) is 4.35. The molecule has 3 nitrogen and oxygen atoms in total. The number of rotatable bonds is 5. The number of aliphatic hydroxyl groups excluding tert-OH is 1. The van der Waals surface area contributed by atoms with Gasteiger partial charge >= 0.3 is 0 Å². The first kappa shape index (κ1) is 15.3. The van der Waals surface area contributed by atoms with Crippen molar-refractivity contribution < 1.29 is 14.2 Å². The van der Waals surface area contributed by atoms with Gasteiger partial charge in [-0.25, -0.2) is 4.39 Å². The fourth-order valence-corrected chi connectivity index (χ4v) is 2.90. The van der Waals surface area contributed by atoms with Crippen LogP contribution >= 0.6 is 0 Å². The van der Waals surface area contributed by atoms with Crippen LogP contribution in [0.2, 0.25) is 0 Å². The highest BCUT2D eigenvalue weighted by molar-refractivity contribution is 5.29. The number of nitrogens with one attached hydrogen (secondary N) is 1. The first-order chi connectivity index (χ1) is 9.55. The Morgan fingerprint density at radius 2 is 2.25 bits per heavy atom. The van der Waals surface area contributed by atoms with Crippen LogP contribution in [-0.4, -0.2) is 24.9 Å². The highest BCUT2D eigenvalue weighted by atomic mass is 19.1. The van der Waals surface area contributed by atoms with E-state index in [-0.39, 0.29) is 23.1 Å². The van der Waals surface area contributed by atoms with E-state index in [2.05, 4.69) is 12.2 Å². The van der Waals surface area contributed by atoms with Crippen molar-refractivity contribution in [2.75, 3.05) is 13.7 Å². The van der Waals surface area contributed by atoms with Crippen LogP contribution in [-0.2, 0) is 6.54 Å². The molecular weight excluding hydrogens is 257 g/mol. The number of hydrogen-bond donors (Lipinski definition) is 2. The van der Waals surface area contributed by atoms with Crippen LogP contribution in [0, 0.1) is 11.2 Å². The van der Waals surface area contributed by atoms with Gasteiger partial charge in [0.2, 0.25) is 0 Å². The van der Waals surface area contributed by atoms with Gasteiger partial charge in [0.05, 0.1) is 13.2 Å². The molecule has 1 fully saturated rings. The van der Waals surface area contributed by atoms with Crippen molar-refractivity contribution in [3.8, 4) is 5.75 Å². The van der Waals surface area contributed by atoms with E-state index in [1.165, 1.54) is 19.6 Å². The quantitative estimate of drug-likeness (QED) is 0.872. The fourth-order valence-electron chi connectivity index (χ4n) is 2.90. The Kier molecular flexibility index (Phi) is 5.00. The van der Waals surface area contributed by atoms with Crippen LogP contribution in [0.1, 0.15) is 38.2 Å². The lowest BCUT2D eigenvalue weighted by Crippen LogP contribution is -2.43. The zero-order valence-electron chi connectivity index (χ0n) is 12.3. The van der Waals surface area contributed by atoms with Gasteiger partial charge in [-0.3, -0.25) is 0 Å². The van der Waals surface area contributed by atoms with Crippen molar-refractivity contribution >= 4 is 0 Å². The normalized spacial score (nSPS) is 26.5. The largest absolute Gasteiger partial charge is 0.494 e. The maximum Gasteiger partial charge on any atom is 0.165 e. The summed E-state index contributed by atoms with van der Waals surface area (Å²) in [5.41, 5.74) is 0.820.